The van der Waals surface area contributed by atoms with Gasteiger partial charge in [0.15, 0.2) is 6.61 Å². The number of nitrogens with one attached hydrogen (secondary N) is 1. The third kappa shape index (κ3) is 6.13. The molecule has 0 aliphatic rings. The van der Waals surface area contributed by atoms with E-state index in [9.17, 15) is 9.59 Å². The third-order valence-corrected chi connectivity index (χ3v) is 5.53. The lowest BCUT2D eigenvalue weighted by Crippen LogP contribution is -2.50. The van der Waals surface area contributed by atoms with E-state index >= 15 is 0 Å². The summed E-state index contributed by atoms with van der Waals surface area (Å²) in [6.07, 6.45) is 0.448. The first-order valence-electron chi connectivity index (χ1n) is 9.98. The van der Waals surface area contributed by atoms with Crippen LogP contribution in [-0.2, 0) is 16.1 Å². The van der Waals surface area contributed by atoms with Gasteiger partial charge >= 0.3 is 0 Å². The first-order chi connectivity index (χ1) is 14.3. The molecular formula is C23H28Cl2N2O3. The van der Waals surface area contributed by atoms with Crippen LogP contribution in [0, 0.1) is 13.8 Å². The molecule has 0 spiro atoms. The number of hydrogen-bond acceptors (Lipinski definition) is 3. The van der Waals surface area contributed by atoms with Crippen molar-refractivity contribution in [3.63, 3.8) is 0 Å². The molecule has 30 heavy (non-hydrogen) atoms. The van der Waals surface area contributed by atoms with E-state index in [4.69, 9.17) is 27.9 Å². The van der Waals surface area contributed by atoms with Crippen molar-refractivity contribution in [2.45, 2.75) is 46.7 Å². The maximum absolute atomic E-state index is 13.2. The van der Waals surface area contributed by atoms with Crippen molar-refractivity contribution < 1.29 is 14.3 Å². The molecule has 2 rings (SSSR count). The van der Waals surface area contributed by atoms with E-state index in [-0.39, 0.29) is 25.0 Å². The highest BCUT2D eigenvalue weighted by Crippen LogP contribution is 2.27. The summed E-state index contributed by atoms with van der Waals surface area (Å²) in [4.78, 5) is 27.3. The number of rotatable bonds is 9. The average molecular weight is 451 g/mol. The van der Waals surface area contributed by atoms with Crippen molar-refractivity contribution in [2.75, 3.05) is 13.2 Å². The first kappa shape index (κ1) is 24.0. The molecule has 0 fully saturated rings. The molecule has 0 saturated carbocycles. The Labute approximate surface area is 188 Å². The predicted octanol–water partition coefficient (Wildman–Crippen LogP) is 4.93. The zero-order valence-electron chi connectivity index (χ0n) is 17.8. The summed E-state index contributed by atoms with van der Waals surface area (Å²) in [7, 11) is 0. The van der Waals surface area contributed by atoms with Crippen LogP contribution in [0.15, 0.2) is 36.4 Å². The number of aryl methyl sites for hydroxylation is 2. The molecule has 162 valence electrons. The van der Waals surface area contributed by atoms with Crippen LogP contribution in [0.4, 0.5) is 0 Å². The van der Waals surface area contributed by atoms with E-state index < -0.39 is 6.04 Å². The van der Waals surface area contributed by atoms with Crippen molar-refractivity contribution in [3.8, 4) is 5.75 Å². The van der Waals surface area contributed by atoms with Crippen molar-refractivity contribution in [1.29, 1.82) is 0 Å². The highest BCUT2D eigenvalue weighted by molar-refractivity contribution is 6.36. The molecule has 2 aromatic rings. The number of likely N-dealkylation sites (N-methyl/N-ethyl adjacent to an activating group) is 1. The van der Waals surface area contributed by atoms with Gasteiger partial charge in [-0.05, 0) is 56.5 Å². The molecule has 0 unspecified atom stereocenters. The quantitative estimate of drug-likeness (QED) is 0.588. The fourth-order valence-corrected chi connectivity index (χ4v) is 3.67. The predicted molar refractivity (Wildman–Crippen MR) is 121 cm³/mol. The Bertz CT molecular complexity index is 882. The van der Waals surface area contributed by atoms with Crippen LogP contribution >= 0.6 is 23.2 Å². The molecule has 1 atom stereocenters. The van der Waals surface area contributed by atoms with Gasteiger partial charge in [-0.3, -0.25) is 9.59 Å². The number of carbonyl (C=O) groups excluding carboxylic acids is 2. The summed E-state index contributed by atoms with van der Waals surface area (Å²) in [5.41, 5.74) is 2.57. The number of ether oxygens (including phenoxy) is 1. The van der Waals surface area contributed by atoms with Gasteiger partial charge in [-0.2, -0.15) is 0 Å². The Morgan fingerprint density at radius 1 is 1.10 bits per heavy atom. The molecule has 5 nitrogen and oxygen atoms in total. The lowest BCUT2D eigenvalue weighted by molar-refractivity contribution is -0.142. The second-order valence-corrected chi connectivity index (χ2v) is 7.91. The van der Waals surface area contributed by atoms with E-state index in [1.807, 2.05) is 45.9 Å². The van der Waals surface area contributed by atoms with Crippen molar-refractivity contribution >= 4 is 35.0 Å². The van der Waals surface area contributed by atoms with Gasteiger partial charge < -0.3 is 15.0 Å². The largest absolute Gasteiger partial charge is 0.483 e. The molecule has 0 aliphatic carbocycles. The molecule has 0 bridgehead atoms. The number of carbonyl (C=O) groups is 2. The molecule has 2 aromatic carbocycles. The van der Waals surface area contributed by atoms with Crippen molar-refractivity contribution in [1.82, 2.24) is 10.2 Å². The van der Waals surface area contributed by atoms with Crippen molar-refractivity contribution in [3.05, 3.63) is 63.1 Å². The van der Waals surface area contributed by atoms with E-state index in [0.29, 0.717) is 34.3 Å². The summed E-state index contributed by atoms with van der Waals surface area (Å²) in [6.45, 7) is 7.98. The molecule has 0 radical (unpaired) electrons. The third-order valence-electron chi connectivity index (χ3n) is 4.82. The first-order valence-corrected chi connectivity index (χ1v) is 10.7. The van der Waals surface area contributed by atoms with Gasteiger partial charge in [0.25, 0.3) is 5.91 Å². The average Bonchev–Trinajstić information content (AvgIpc) is 2.70. The van der Waals surface area contributed by atoms with Gasteiger partial charge in [0.05, 0.1) is 0 Å². The standard InChI is InChI=1S/C23H28Cl2N2O3/c1-5-20(23(29)26-6-2)27(13-17-18(24)8-7-9-19(17)25)22(28)14-30-21-12-15(3)10-11-16(21)4/h7-12,20H,5-6,13-14H2,1-4H3,(H,26,29)/t20-/m1/s1. The van der Waals surface area contributed by atoms with Crippen molar-refractivity contribution in [2.24, 2.45) is 0 Å². The fourth-order valence-electron chi connectivity index (χ4n) is 3.15. The van der Waals surface area contributed by atoms with Crippen LogP contribution in [0.5, 0.6) is 5.75 Å². The monoisotopic (exact) mass is 450 g/mol. The van der Waals surface area contributed by atoms with Crippen LogP contribution in [-0.4, -0.2) is 35.9 Å². The SMILES string of the molecule is CCNC(=O)[C@@H](CC)N(Cc1c(Cl)cccc1Cl)C(=O)COc1cc(C)ccc1C. The van der Waals surface area contributed by atoms with Crippen LogP contribution in [0.3, 0.4) is 0 Å². The molecule has 2 amide bonds. The smallest absolute Gasteiger partial charge is 0.261 e. The van der Waals surface area contributed by atoms with Gasteiger partial charge in [0.1, 0.15) is 11.8 Å². The zero-order valence-corrected chi connectivity index (χ0v) is 19.3. The number of halogens is 2. The maximum atomic E-state index is 13.2. The van der Waals surface area contributed by atoms with Crippen LogP contribution in [0.25, 0.3) is 0 Å². The fraction of sp³-hybridized carbons (Fsp3) is 0.391. The van der Waals surface area contributed by atoms with Crippen LogP contribution < -0.4 is 10.1 Å². The minimum Gasteiger partial charge on any atom is -0.483 e. The van der Waals surface area contributed by atoms with E-state index in [0.717, 1.165) is 11.1 Å². The van der Waals surface area contributed by atoms with Gasteiger partial charge in [0, 0.05) is 28.7 Å². The minimum atomic E-state index is -0.660. The number of nitrogens with zero attached hydrogens (tertiary/aromatic N) is 1. The molecule has 0 saturated heterocycles. The van der Waals surface area contributed by atoms with Crippen LogP contribution in [0.1, 0.15) is 37.0 Å². The van der Waals surface area contributed by atoms with Gasteiger partial charge in [-0.25, -0.2) is 0 Å². The molecule has 0 aromatic heterocycles. The second-order valence-electron chi connectivity index (χ2n) is 7.10. The summed E-state index contributed by atoms with van der Waals surface area (Å²) < 4.78 is 5.80. The number of benzene rings is 2. The Morgan fingerprint density at radius 3 is 2.37 bits per heavy atom. The summed E-state index contributed by atoms with van der Waals surface area (Å²) in [6, 6.07) is 10.3. The lowest BCUT2D eigenvalue weighted by Gasteiger charge is -2.31. The zero-order chi connectivity index (χ0) is 22.3. The van der Waals surface area contributed by atoms with Crippen LogP contribution in [0.2, 0.25) is 10.0 Å². The molecule has 7 heteroatoms. The summed E-state index contributed by atoms with van der Waals surface area (Å²) in [5.74, 6) is 0.110. The highest BCUT2D eigenvalue weighted by Gasteiger charge is 2.29. The highest BCUT2D eigenvalue weighted by atomic mass is 35.5. The molecule has 0 aliphatic heterocycles. The molecule has 1 N–H and O–H groups in total. The Hall–Kier alpha value is -2.24. The molecular weight excluding hydrogens is 423 g/mol. The molecule has 0 heterocycles. The normalized spacial score (nSPS) is 11.7. The summed E-state index contributed by atoms with van der Waals surface area (Å²) in [5, 5.41) is 3.69. The van der Waals surface area contributed by atoms with Gasteiger partial charge in [-0.1, -0.05) is 48.3 Å². The Kier molecular flexibility index (Phi) is 9.00. The second kappa shape index (κ2) is 11.2. The topological polar surface area (TPSA) is 58.6 Å². The minimum absolute atomic E-state index is 0.114. The number of amides is 2. The Morgan fingerprint density at radius 2 is 1.77 bits per heavy atom. The summed E-state index contributed by atoms with van der Waals surface area (Å²) >= 11 is 12.6. The van der Waals surface area contributed by atoms with E-state index in [1.165, 1.54) is 4.90 Å². The van der Waals surface area contributed by atoms with E-state index in [1.54, 1.807) is 18.2 Å². The van der Waals surface area contributed by atoms with Gasteiger partial charge in [-0.15, -0.1) is 0 Å². The number of hydrogen-bond donors (Lipinski definition) is 1. The lowest BCUT2D eigenvalue weighted by atomic mass is 10.1. The van der Waals surface area contributed by atoms with Gasteiger partial charge in [0.2, 0.25) is 5.91 Å². The van der Waals surface area contributed by atoms with E-state index in [2.05, 4.69) is 5.32 Å². The Balaban J connectivity index is 2.30. The maximum Gasteiger partial charge on any atom is 0.261 e.